The second-order valence-electron chi connectivity index (χ2n) is 9.00. The zero-order valence-corrected chi connectivity index (χ0v) is 21.1. The van der Waals surface area contributed by atoms with E-state index in [1.54, 1.807) is 14.2 Å². The number of aryl methyl sites for hydroxylation is 2. The average molecular weight is 475 g/mol. The van der Waals surface area contributed by atoms with Crippen molar-refractivity contribution in [2.45, 2.75) is 26.9 Å². The summed E-state index contributed by atoms with van der Waals surface area (Å²) in [6.07, 6.45) is 0.722. The molecule has 1 amide bonds. The zero-order valence-electron chi connectivity index (χ0n) is 21.1. The van der Waals surface area contributed by atoms with Crippen LogP contribution in [0.5, 0.6) is 0 Å². The largest absolute Gasteiger partial charge is 0.378 e. The fourth-order valence-corrected chi connectivity index (χ4v) is 4.50. The molecule has 0 radical (unpaired) electrons. The maximum atomic E-state index is 12.3. The van der Waals surface area contributed by atoms with Crippen LogP contribution in [0, 0.1) is 13.8 Å². The number of anilines is 1. The zero-order chi connectivity index (χ0) is 24.8. The van der Waals surface area contributed by atoms with Crippen LogP contribution in [0.15, 0.2) is 48.5 Å². The van der Waals surface area contributed by atoms with Crippen molar-refractivity contribution in [2.75, 3.05) is 51.9 Å². The molecule has 4 rings (SSSR count). The van der Waals surface area contributed by atoms with Gasteiger partial charge in [0.15, 0.2) is 5.82 Å². The molecule has 0 bridgehead atoms. The molecule has 0 saturated carbocycles. The van der Waals surface area contributed by atoms with E-state index in [1.165, 1.54) is 16.7 Å². The van der Waals surface area contributed by atoms with Gasteiger partial charge in [0.05, 0.1) is 12.3 Å². The minimum atomic E-state index is 0.0236. The summed E-state index contributed by atoms with van der Waals surface area (Å²) in [5.41, 5.74) is 6.68. The van der Waals surface area contributed by atoms with Gasteiger partial charge in [0.25, 0.3) is 0 Å². The number of nitrogens with zero attached hydrogens (tertiary/aromatic N) is 4. The summed E-state index contributed by atoms with van der Waals surface area (Å²) in [5.74, 6) is 1.64. The van der Waals surface area contributed by atoms with Crippen molar-refractivity contribution in [1.82, 2.24) is 14.9 Å². The Labute approximate surface area is 207 Å². The molecular formula is C28H34N4O3. The minimum Gasteiger partial charge on any atom is -0.378 e. The van der Waals surface area contributed by atoms with Gasteiger partial charge in [0, 0.05) is 57.9 Å². The summed E-state index contributed by atoms with van der Waals surface area (Å²) in [5, 5.41) is 0. The molecule has 0 spiro atoms. The van der Waals surface area contributed by atoms with E-state index < -0.39 is 0 Å². The predicted molar refractivity (Wildman–Crippen MR) is 138 cm³/mol. The maximum Gasteiger partial charge on any atom is 0.248 e. The van der Waals surface area contributed by atoms with E-state index >= 15 is 0 Å². The third-order valence-corrected chi connectivity index (χ3v) is 6.46. The van der Waals surface area contributed by atoms with Crippen LogP contribution in [0.2, 0.25) is 0 Å². The fourth-order valence-electron chi connectivity index (χ4n) is 4.50. The number of rotatable bonds is 8. The van der Waals surface area contributed by atoms with Crippen LogP contribution in [0.1, 0.15) is 27.9 Å². The number of piperazine rings is 1. The lowest BCUT2D eigenvalue weighted by atomic mass is 9.97. The molecular weight excluding hydrogens is 440 g/mol. The molecule has 0 unspecified atom stereocenters. The van der Waals surface area contributed by atoms with Gasteiger partial charge >= 0.3 is 0 Å². The molecule has 0 N–H and O–H groups in total. The Hall–Kier alpha value is -3.29. The smallest absolute Gasteiger partial charge is 0.248 e. The molecule has 1 aliphatic heterocycles. The van der Waals surface area contributed by atoms with Crippen LogP contribution in [-0.4, -0.2) is 67.8 Å². The predicted octanol–water partition coefficient (Wildman–Crippen LogP) is 3.79. The Morgan fingerprint density at radius 1 is 0.943 bits per heavy atom. The third-order valence-electron chi connectivity index (χ3n) is 6.46. The number of aromatic nitrogens is 2. The van der Waals surface area contributed by atoms with Crippen molar-refractivity contribution in [3.05, 3.63) is 76.5 Å². The number of amides is 1. The van der Waals surface area contributed by atoms with E-state index in [1.807, 2.05) is 35.2 Å². The third kappa shape index (κ3) is 5.86. The molecule has 0 aliphatic carbocycles. The van der Waals surface area contributed by atoms with Gasteiger partial charge in [-0.25, -0.2) is 9.97 Å². The summed E-state index contributed by atoms with van der Waals surface area (Å²) in [4.78, 5) is 26.5. The molecule has 3 aromatic rings. The molecule has 1 saturated heterocycles. The summed E-state index contributed by atoms with van der Waals surface area (Å²) in [7, 11) is 3.25. The van der Waals surface area contributed by atoms with E-state index in [-0.39, 0.29) is 12.5 Å². The van der Waals surface area contributed by atoms with Gasteiger partial charge in [0.1, 0.15) is 12.4 Å². The highest BCUT2D eigenvalue weighted by atomic mass is 16.5. The highest BCUT2D eigenvalue weighted by molar-refractivity contribution is 5.77. The van der Waals surface area contributed by atoms with Crippen molar-refractivity contribution in [3.63, 3.8) is 0 Å². The van der Waals surface area contributed by atoms with Gasteiger partial charge in [-0.3, -0.25) is 4.79 Å². The molecule has 35 heavy (non-hydrogen) atoms. The van der Waals surface area contributed by atoms with Crippen LogP contribution in [0.3, 0.4) is 0 Å². The topological polar surface area (TPSA) is 67.8 Å². The van der Waals surface area contributed by atoms with Crippen molar-refractivity contribution >= 4 is 11.7 Å². The highest BCUT2D eigenvalue weighted by Crippen LogP contribution is 2.30. The quantitative estimate of drug-likeness (QED) is 0.495. The van der Waals surface area contributed by atoms with Gasteiger partial charge in [0.2, 0.25) is 5.91 Å². The van der Waals surface area contributed by atoms with Gasteiger partial charge < -0.3 is 19.3 Å². The summed E-state index contributed by atoms with van der Waals surface area (Å²) in [6.45, 7) is 7.45. The number of hydrogen-bond donors (Lipinski definition) is 0. The first kappa shape index (κ1) is 24.8. The van der Waals surface area contributed by atoms with Gasteiger partial charge in [-0.2, -0.15) is 0 Å². The van der Waals surface area contributed by atoms with E-state index in [9.17, 15) is 4.79 Å². The fraction of sp³-hybridized carbons (Fsp3) is 0.393. The first-order chi connectivity index (χ1) is 17.0. The molecule has 1 aromatic heterocycles. The Morgan fingerprint density at radius 3 is 2.37 bits per heavy atom. The number of carbonyl (C=O) groups is 1. The molecule has 2 aromatic carbocycles. The first-order valence-electron chi connectivity index (χ1n) is 12.0. The van der Waals surface area contributed by atoms with Crippen molar-refractivity contribution in [2.24, 2.45) is 0 Å². The van der Waals surface area contributed by atoms with E-state index in [2.05, 4.69) is 36.9 Å². The Morgan fingerprint density at radius 2 is 1.69 bits per heavy atom. The Kier molecular flexibility index (Phi) is 8.10. The molecule has 184 valence electrons. The molecule has 1 aliphatic rings. The molecule has 2 heterocycles. The maximum absolute atomic E-state index is 12.3. The van der Waals surface area contributed by atoms with E-state index in [0.29, 0.717) is 38.6 Å². The standard InChI is InChI=1S/C28H34N4O3/c1-20-10-11-21(2)23(16-20)17-24-25(18-34-3)29-27(22-8-6-5-7-9-22)30-28(24)32-14-12-31(13-15-32)26(33)19-35-4/h5-11,16H,12-15,17-19H2,1-4H3. The normalized spacial score (nSPS) is 13.8. The lowest BCUT2D eigenvalue weighted by Crippen LogP contribution is -2.50. The van der Waals surface area contributed by atoms with Crippen molar-refractivity contribution in [1.29, 1.82) is 0 Å². The number of methoxy groups -OCH3 is 2. The van der Waals surface area contributed by atoms with Crippen LogP contribution < -0.4 is 4.90 Å². The van der Waals surface area contributed by atoms with E-state index in [0.717, 1.165) is 29.1 Å². The number of carbonyl (C=O) groups excluding carboxylic acids is 1. The van der Waals surface area contributed by atoms with Crippen LogP contribution in [-0.2, 0) is 27.3 Å². The highest BCUT2D eigenvalue weighted by Gasteiger charge is 2.26. The number of ether oxygens (including phenoxy) is 2. The van der Waals surface area contributed by atoms with Crippen LogP contribution >= 0.6 is 0 Å². The van der Waals surface area contributed by atoms with Crippen molar-refractivity contribution in [3.8, 4) is 11.4 Å². The number of benzene rings is 2. The lowest BCUT2D eigenvalue weighted by Gasteiger charge is -2.36. The molecule has 7 heteroatoms. The van der Waals surface area contributed by atoms with Gasteiger partial charge in [-0.05, 0) is 25.0 Å². The molecule has 0 atom stereocenters. The second kappa shape index (κ2) is 11.4. The van der Waals surface area contributed by atoms with Crippen LogP contribution in [0.25, 0.3) is 11.4 Å². The summed E-state index contributed by atoms with van der Waals surface area (Å²) >= 11 is 0. The monoisotopic (exact) mass is 474 g/mol. The van der Waals surface area contributed by atoms with Gasteiger partial charge in [-0.1, -0.05) is 54.1 Å². The lowest BCUT2D eigenvalue weighted by molar-refractivity contribution is -0.135. The summed E-state index contributed by atoms with van der Waals surface area (Å²) in [6, 6.07) is 16.6. The van der Waals surface area contributed by atoms with Crippen molar-refractivity contribution < 1.29 is 14.3 Å². The summed E-state index contributed by atoms with van der Waals surface area (Å²) < 4.78 is 10.6. The first-order valence-corrected chi connectivity index (χ1v) is 12.0. The minimum absolute atomic E-state index is 0.0236. The van der Waals surface area contributed by atoms with Crippen LogP contribution in [0.4, 0.5) is 5.82 Å². The second-order valence-corrected chi connectivity index (χ2v) is 9.00. The molecule has 7 nitrogen and oxygen atoms in total. The number of hydrogen-bond acceptors (Lipinski definition) is 6. The van der Waals surface area contributed by atoms with Gasteiger partial charge in [-0.15, -0.1) is 0 Å². The Bertz CT molecular complexity index is 1160. The SMILES string of the molecule is COCC(=O)N1CCN(c2nc(-c3ccccc3)nc(COC)c2Cc2cc(C)ccc2C)CC1. The molecule has 1 fully saturated rings. The van der Waals surface area contributed by atoms with E-state index in [4.69, 9.17) is 19.4 Å². The average Bonchev–Trinajstić information content (AvgIpc) is 2.88. The Balaban J connectivity index is 1.76.